The number of aliphatic carboxylic acids is 2. The summed E-state index contributed by atoms with van der Waals surface area (Å²) in [4.78, 5) is 33.8. The first kappa shape index (κ1) is 15.2. The lowest BCUT2D eigenvalue weighted by Crippen LogP contribution is -2.41. The van der Waals surface area contributed by atoms with Gasteiger partial charge in [-0.2, -0.15) is 0 Å². The molecule has 0 aromatic carbocycles. The average Bonchev–Trinajstić information content (AvgIpc) is 2.81. The van der Waals surface area contributed by atoms with Crippen LogP contribution in [0.2, 0.25) is 0 Å². The molecule has 1 rings (SSSR count). The van der Waals surface area contributed by atoms with Crippen LogP contribution >= 0.6 is 11.3 Å². The Morgan fingerprint density at radius 2 is 2.05 bits per heavy atom. The van der Waals surface area contributed by atoms with E-state index in [4.69, 9.17) is 10.2 Å². The monoisotopic (exact) mass is 285 g/mol. The number of carbonyl (C=O) groups excluding carboxylic acids is 1. The number of carboxylic acids is 2. The van der Waals surface area contributed by atoms with Crippen LogP contribution in [0.3, 0.4) is 0 Å². The van der Waals surface area contributed by atoms with Crippen LogP contribution in [0.1, 0.15) is 35.0 Å². The lowest BCUT2D eigenvalue weighted by atomic mass is 10.1. The van der Waals surface area contributed by atoms with E-state index < -0.39 is 23.9 Å². The van der Waals surface area contributed by atoms with Crippen molar-refractivity contribution in [3.63, 3.8) is 0 Å². The predicted octanol–water partition coefficient (Wildman–Crippen LogP) is 1.36. The smallest absolute Gasteiger partial charge is 0.326 e. The summed E-state index contributed by atoms with van der Waals surface area (Å²) in [5, 5.41) is 21.6. The third-order valence-corrected chi connectivity index (χ3v) is 3.54. The number of thiophene rings is 1. The minimum Gasteiger partial charge on any atom is -0.481 e. The zero-order valence-corrected chi connectivity index (χ0v) is 11.2. The molecular weight excluding hydrogens is 270 g/mol. The molecule has 3 N–H and O–H groups in total. The molecule has 0 saturated carbocycles. The molecule has 6 nitrogen and oxygen atoms in total. The highest BCUT2D eigenvalue weighted by Gasteiger charge is 2.23. The van der Waals surface area contributed by atoms with E-state index in [9.17, 15) is 14.4 Å². The molecule has 0 radical (unpaired) electrons. The quantitative estimate of drug-likeness (QED) is 0.701. The van der Waals surface area contributed by atoms with Crippen LogP contribution in [0.5, 0.6) is 0 Å². The van der Waals surface area contributed by atoms with E-state index >= 15 is 0 Å². The van der Waals surface area contributed by atoms with E-state index in [1.807, 2.05) is 13.0 Å². The fourth-order valence-corrected chi connectivity index (χ4v) is 2.46. The maximum atomic E-state index is 11.9. The summed E-state index contributed by atoms with van der Waals surface area (Å²) in [6, 6.07) is 0.627. The molecule has 1 aromatic heterocycles. The zero-order chi connectivity index (χ0) is 14.4. The lowest BCUT2D eigenvalue weighted by molar-refractivity contribution is -0.140. The third-order valence-electron chi connectivity index (χ3n) is 2.58. The summed E-state index contributed by atoms with van der Waals surface area (Å²) in [6.45, 7) is 1.90. The largest absolute Gasteiger partial charge is 0.481 e. The van der Waals surface area contributed by atoms with Gasteiger partial charge in [-0.25, -0.2) is 4.79 Å². The van der Waals surface area contributed by atoms with E-state index in [2.05, 4.69) is 5.32 Å². The average molecular weight is 285 g/mol. The SMILES string of the molecule is CCc1ccsc1C(=O)NC(CCC(=O)O)C(=O)O. The van der Waals surface area contributed by atoms with Crippen molar-refractivity contribution in [1.29, 1.82) is 0 Å². The van der Waals surface area contributed by atoms with Crippen molar-refractivity contribution in [3.05, 3.63) is 21.9 Å². The molecule has 0 spiro atoms. The molecule has 7 heteroatoms. The van der Waals surface area contributed by atoms with Crippen molar-refractivity contribution in [1.82, 2.24) is 5.32 Å². The number of carboxylic acid groups (broad SMARTS) is 2. The Bertz CT molecular complexity index is 482. The highest BCUT2D eigenvalue weighted by molar-refractivity contribution is 7.12. The molecular formula is C12H15NO5S. The third kappa shape index (κ3) is 4.36. The van der Waals surface area contributed by atoms with Gasteiger partial charge < -0.3 is 15.5 Å². The summed E-state index contributed by atoms with van der Waals surface area (Å²) in [5.41, 5.74) is 0.852. The normalized spacial score (nSPS) is 11.8. The van der Waals surface area contributed by atoms with Crippen molar-refractivity contribution < 1.29 is 24.6 Å². The van der Waals surface area contributed by atoms with E-state index in [1.165, 1.54) is 11.3 Å². The summed E-state index contributed by atoms with van der Waals surface area (Å²) in [7, 11) is 0. The molecule has 0 aliphatic carbocycles. The van der Waals surface area contributed by atoms with Crippen LogP contribution in [0.4, 0.5) is 0 Å². The number of rotatable bonds is 7. The Labute approximate surface area is 114 Å². The Morgan fingerprint density at radius 1 is 1.37 bits per heavy atom. The number of hydrogen-bond acceptors (Lipinski definition) is 4. The first-order valence-corrected chi connectivity index (χ1v) is 6.65. The van der Waals surface area contributed by atoms with Crippen molar-refractivity contribution in [2.24, 2.45) is 0 Å². The second-order valence-corrected chi connectivity index (χ2v) is 4.84. The van der Waals surface area contributed by atoms with E-state index in [-0.39, 0.29) is 12.8 Å². The lowest BCUT2D eigenvalue weighted by Gasteiger charge is -2.13. The molecule has 19 heavy (non-hydrogen) atoms. The summed E-state index contributed by atoms with van der Waals surface area (Å²) in [5.74, 6) is -2.79. The topological polar surface area (TPSA) is 104 Å². The van der Waals surface area contributed by atoms with E-state index in [0.29, 0.717) is 11.3 Å². The van der Waals surface area contributed by atoms with E-state index in [1.54, 1.807) is 5.38 Å². The van der Waals surface area contributed by atoms with Gasteiger partial charge in [-0.05, 0) is 29.9 Å². The van der Waals surface area contributed by atoms with E-state index in [0.717, 1.165) is 5.56 Å². The molecule has 1 heterocycles. The summed E-state index contributed by atoms with van der Waals surface area (Å²) < 4.78 is 0. The number of amides is 1. The molecule has 0 aliphatic heterocycles. The van der Waals surface area contributed by atoms with Crippen LogP contribution in [-0.2, 0) is 16.0 Å². The van der Waals surface area contributed by atoms with Crippen LogP contribution in [0, 0.1) is 0 Å². The maximum Gasteiger partial charge on any atom is 0.326 e. The minimum atomic E-state index is -1.23. The Balaban J connectivity index is 2.71. The summed E-state index contributed by atoms with van der Waals surface area (Å²) >= 11 is 1.24. The van der Waals surface area contributed by atoms with Crippen LogP contribution < -0.4 is 5.32 Å². The Kier molecular flexibility index (Phi) is 5.50. The molecule has 0 bridgehead atoms. The fourth-order valence-electron chi connectivity index (χ4n) is 1.56. The number of hydrogen-bond donors (Lipinski definition) is 3. The van der Waals surface area contributed by atoms with Gasteiger partial charge in [-0.3, -0.25) is 9.59 Å². The van der Waals surface area contributed by atoms with Crippen molar-refractivity contribution in [2.45, 2.75) is 32.2 Å². The second kappa shape index (κ2) is 6.89. The molecule has 1 unspecified atom stereocenters. The van der Waals surface area contributed by atoms with Gasteiger partial charge >= 0.3 is 11.9 Å². The molecule has 0 saturated heterocycles. The molecule has 1 amide bonds. The van der Waals surface area contributed by atoms with Gasteiger partial charge in [0.2, 0.25) is 0 Å². The fraction of sp³-hybridized carbons (Fsp3) is 0.417. The molecule has 0 aliphatic rings. The van der Waals surface area contributed by atoms with Crippen LogP contribution in [0.15, 0.2) is 11.4 Å². The first-order chi connectivity index (χ1) is 8.95. The molecule has 0 fully saturated rings. The number of carbonyl (C=O) groups is 3. The molecule has 1 aromatic rings. The second-order valence-electron chi connectivity index (χ2n) is 3.93. The van der Waals surface area contributed by atoms with Gasteiger partial charge in [-0.15, -0.1) is 11.3 Å². The highest BCUT2D eigenvalue weighted by Crippen LogP contribution is 2.17. The van der Waals surface area contributed by atoms with Gasteiger partial charge in [0.1, 0.15) is 6.04 Å². The highest BCUT2D eigenvalue weighted by atomic mass is 32.1. The Hall–Kier alpha value is -1.89. The van der Waals surface area contributed by atoms with Gasteiger partial charge in [0.05, 0.1) is 4.88 Å². The van der Waals surface area contributed by atoms with Crippen molar-refractivity contribution in [3.8, 4) is 0 Å². The zero-order valence-electron chi connectivity index (χ0n) is 10.4. The molecule has 104 valence electrons. The summed E-state index contributed by atoms with van der Waals surface area (Å²) in [6.07, 6.45) is 0.241. The van der Waals surface area contributed by atoms with Crippen molar-refractivity contribution in [2.75, 3.05) is 0 Å². The molecule has 1 atom stereocenters. The van der Waals surface area contributed by atoms with Gasteiger partial charge in [0.25, 0.3) is 5.91 Å². The number of aryl methyl sites for hydroxylation is 1. The Morgan fingerprint density at radius 3 is 2.58 bits per heavy atom. The standard InChI is InChI=1S/C12H15NO5S/c1-2-7-5-6-19-10(7)11(16)13-8(12(17)18)3-4-9(14)15/h5-6,8H,2-4H2,1H3,(H,13,16)(H,14,15)(H,17,18). The number of nitrogens with one attached hydrogen (secondary N) is 1. The first-order valence-electron chi connectivity index (χ1n) is 5.77. The van der Waals surface area contributed by atoms with Crippen LogP contribution in [-0.4, -0.2) is 34.1 Å². The van der Waals surface area contributed by atoms with Gasteiger partial charge in [0.15, 0.2) is 0 Å². The van der Waals surface area contributed by atoms with Crippen LogP contribution in [0.25, 0.3) is 0 Å². The van der Waals surface area contributed by atoms with Gasteiger partial charge in [0, 0.05) is 6.42 Å². The maximum absolute atomic E-state index is 11.9. The van der Waals surface area contributed by atoms with Gasteiger partial charge in [-0.1, -0.05) is 6.92 Å². The van der Waals surface area contributed by atoms with Crippen molar-refractivity contribution >= 4 is 29.2 Å². The minimum absolute atomic E-state index is 0.136. The predicted molar refractivity (Wildman–Crippen MR) is 69.5 cm³/mol.